The lowest BCUT2D eigenvalue weighted by atomic mass is 10.1. The Labute approximate surface area is 97.9 Å². The van der Waals surface area contributed by atoms with Crippen LogP contribution in [-0.2, 0) is 12.8 Å². The predicted molar refractivity (Wildman–Crippen MR) is 69.8 cm³/mol. The van der Waals surface area contributed by atoms with Crippen LogP contribution in [0.1, 0.15) is 43.4 Å². The molecule has 1 nitrogen and oxygen atoms in total. The second kappa shape index (κ2) is 7.02. The fourth-order valence-electron chi connectivity index (χ4n) is 1.67. The number of aryl methyl sites for hydroxylation is 1. The van der Waals surface area contributed by atoms with Crippen LogP contribution in [0.4, 0.5) is 0 Å². The van der Waals surface area contributed by atoms with Crippen LogP contribution in [0.2, 0.25) is 0 Å². The lowest BCUT2D eigenvalue weighted by molar-refractivity contribution is 0.497. The van der Waals surface area contributed by atoms with Crippen LogP contribution in [0.5, 0.6) is 0 Å². The first-order valence-electron chi connectivity index (χ1n) is 6.11. The highest BCUT2D eigenvalue weighted by Gasteiger charge is 2.07. The topological polar surface area (TPSA) is 12.0 Å². The maximum atomic E-state index is 3.60. The number of hydrogen-bond acceptors (Lipinski definition) is 2. The van der Waals surface area contributed by atoms with Gasteiger partial charge in [-0.2, -0.15) is 0 Å². The molecule has 0 aliphatic rings. The average molecular weight is 225 g/mol. The monoisotopic (exact) mass is 225 g/mol. The first-order valence-corrected chi connectivity index (χ1v) is 6.92. The van der Waals surface area contributed by atoms with Crippen molar-refractivity contribution in [1.29, 1.82) is 0 Å². The Bertz CT molecular complexity index is 267. The molecule has 15 heavy (non-hydrogen) atoms. The molecule has 1 atom stereocenters. The fourth-order valence-corrected chi connectivity index (χ4v) is 2.71. The zero-order valence-electron chi connectivity index (χ0n) is 10.2. The molecular weight excluding hydrogens is 202 g/mol. The van der Waals surface area contributed by atoms with Crippen molar-refractivity contribution < 1.29 is 0 Å². The van der Waals surface area contributed by atoms with Crippen molar-refractivity contribution in [1.82, 2.24) is 5.32 Å². The molecule has 0 spiro atoms. The highest BCUT2D eigenvalue weighted by atomic mass is 32.1. The first kappa shape index (κ1) is 12.7. The van der Waals surface area contributed by atoms with Gasteiger partial charge in [0.2, 0.25) is 0 Å². The molecule has 1 aromatic rings. The summed E-state index contributed by atoms with van der Waals surface area (Å²) < 4.78 is 0. The van der Waals surface area contributed by atoms with Gasteiger partial charge >= 0.3 is 0 Å². The minimum Gasteiger partial charge on any atom is -0.314 e. The van der Waals surface area contributed by atoms with Crippen molar-refractivity contribution in [3.05, 3.63) is 21.9 Å². The van der Waals surface area contributed by atoms with E-state index in [0.29, 0.717) is 6.04 Å². The summed E-state index contributed by atoms with van der Waals surface area (Å²) in [4.78, 5) is 3.04. The van der Waals surface area contributed by atoms with Crippen molar-refractivity contribution >= 4 is 11.3 Å². The van der Waals surface area contributed by atoms with Gasteiger partial charge in [0, 0.05) is 15.8 Å². The van der Waals surface area contributed by atoms with Crippen LogP contribution in [-0.4, -0.2) is 12.6 Å². The minimum absolute atomic E-state index is 0.660. The van der Waals surface area contributed by atoms with Gasteiger partial charge in [0.15, 0.2) is 0 Å². The standard InChI is InChI=1S/C13H23NS/c1-4-9-14-11(5-2)10-13-8-7-12(6-3)15-13/h7-8,11,14H,4-6,9-10H2,1-3H3. The molecule has 1 N–H and O–H groups in total. The zero-order chi connectivity index (χ0) is 11.1. The molecule has 1 aromatic heterocycles. The van der Waals surface area contributed by atoms with E-state index in [1.54, 1.807) is 0 Å². The van der Waals surface area contributed by atoms with Crippen molar-refractivity contribution in [2.75, 3.05) is 6.54 Å². The molecule has 0 radical (unpaired) electrons. The summed E-state index contributed by atoms with van der Waals surface area (Å²) in [5.41, 5.74) is 0. The molecule has 0 amide bonds. The quantitative estimate of drug-likeness (QED) is 0.747. The third kappa shape index (κ3) is 4.35. The highest BCUT2D eigenvalue weighted by molar-refractivity contribution is 7.11. The summed E-state index contributed by atoms with van der Waals surface area (Å²) in [7, 11) is 0. The number of rotatable bonds is 7. The summed E-state index contributed by atoms with van der Waals surface area (Å²) in [5, 5.41) is 3.60. The maximum Gasteiger partial charge on any atom is 0.0113 e. The number of thiophene rings is 1. The Kier molecular flexibility index (Phi) is 5.96. The Hall–Kier alpha value is -0.340. The van der Waals surface area contributed by atoms with E-state index in [9.17, 15) is 0 Å². The molecule has 0 saturated carbocycles. The highest BCUT2D eigenvalue weighted by Crippen LogP contribution is 2.19. The second-order valence-electron chi connectivity index (χ2n) is 3.98. The molecule has 0 aromatic carbocycles. The Balaban J connectivity index is 2.43. The van der Waals surface area contributed by atoms with Gasteiger partial charge in [0.1, 0.15) is 0 Å². The van der Waals surface area contributed by atoms with Gasteiger partial charge in [-0.1, -0.05) is 20.8 Å². The van der Waals surface area contributed by atoms with Crippen LogP contribution in [0.3, 0.4) is 0 Å². The summed E-state index contributed by atoms with van der Waals surface area (Å²) >= 11 is 1.97. The van der Waals surface area contributed by atoms with Gasteiger partial charge in [-0.3, -0.25) is 0 Å². The van der Waals surface area contributed by atoms with Gasteiger partial charge in [0.05, 0.1) is 0 Å². The number of hydrogen-bond donors (Lipinski definition) is 1. The molecule has 0 aliphatic carbocycles. The van der Waals surface area contributed by atoms with E-state index < -0.39 is 0 Å². The maximum absolute atomic E-state index is 3.60. The van der Waals surface area contributed by atoms with Gasteiger partial charge in [-0.15, -0.1) is 11.3 Å². The fraction of sp³-hybridized carbons (Fsp3) is 0.692. The molecular formula is C13H23NS. The van der Waals surface area contributed by atoms with E-state index in [1.807, 2.05) is 11.3 Å². The largest absolute Gasteiger partial charge is 0.314 e. The van der Waals surface area contributed by atoms with Crippen LogP contribution in [0.15, 0.2) is 12.1 Å². The van der Waals surface area contributed by atoms with E-state index in [0.717, 1.165) is 6.54 Å². The van der Waals surface area contributed by atoms with Gasteiger partial charge in [-0.25, -0.2) is 0 Å². The molecule has 0 aliphatic heterocycles. The molecule has 86 valence electrons. The van der Waals surface area contributed by atoms with Crippen LogP contribution < -0.4 is 5.32 Å². The lowest BCUT2D eigenvalue weighted by Crippen LogP contribution is -2.30. The summed E-state index contributed by atoms with van der Waals surface area (Å²) in [6, 6.07) is 5.22. The van der Waals surface area contributed by atoms with Crippen molar-refractivity contribution in [3.63, 3.8) is 0 Å². The minimum atomic E-state index is 0.660. The molecule has 0 bridgehead atoms. The third-order valence-electron chi connectivity index (χ3n) is 2.69. The smallest absolute Gasteiger partial charge is 0.0113 e. The number of nitrogens with one attached hydrogen (secondary N) is 1. The van der Waals surface area contributed by atoms with Crippen LogP contribution in [0, 0.1) is 0 Å². The molecule has 1 heterocycles. The van der Waals surface area contributed by atoms with Crippen LogP contribution >= 0.6 is 11.3 Å². The molecule has 1 unspecified atom stereocenters. The van der Waals surface area contributed by atoms with Crippen molar-refractivity contribution in [3.8, 4) is 0 Å². The van der Waals surface area contributed by atoms with E-state index in [2.05, 4.69) is 38.2 Å². The third-order valence-corrected chi connectivity index (χ3v) is 3.94. The Morgan fingerprint density at radius 2 is 1.93 bits per heavy atom. The van der Waals surface area contributed by atoms with Gasteiger partial charge < -0.3 is 5.32 Å². The average Bonchev–Trinajstić information content (AvgIpc) is 2.71. The van der Waals surface area contributed by atoms with Crippen molar-refractivity contribution in [2.24, 2.45) is 0 Å². The summed E-state index contributed by atoms with van der Waals surface area (Å²) in [6.07, 6.45) is 4.81. The Morgan fingerprint density at radius 1 is 1.20 bits per heavy atom. The van der Waals surface area contributed by atoms with E-state index in [4.69, 9.17) is 0 Å². The van der Waals surface area contributed by atoms with E-state index >= 15 is 0 Å². The first-order chi connectivity index (χ1) is 7.30. The predicted octanol–water partition coefficient (Wildman–Crippen LogP) is 3.63. The summed E-state index contributed by atoms with van der Waals surface area (Å²) in [5.74, 6) is 0. The Morgan fingerprint density at radius 3 is 2.47 bits per heavy atom. The lowest BCUT2D eigenvalue weighted by Gasteiger charge is -2.15. The molecule has 1 rings (SSSR count). The van der Waals surface area contributed by atoms with E-state index in [-0.39, 0.29) is 0 Å². The summed E-state index contributed by atoms with van der Waals surface area (Å²) in [6.45, 7) is 7.86. The second-order valence-corrected chi connectivity index (χ2v) is 5.24. The normalized spacial score (nSPS) is 13.0. The van der Waals surface area contributed by atoms with Gasteiger partial charge in [0.25, 0.3) is 0 Å². The molecule has 2 heteroatoms. The van der Waals surface area contributed by atoms with E-state index in [1.165, 1.54) is 35.4 Å². The van der Waals surface area contributed by atoms with Crippen LogP contribution in [0.25, 0.3) is 0 Å². The van der Waals surface area contributed by atoms with Gasteiger partial charge in [-0.05, 0) is 44.4 Å². The SMILES string of the molecule is CCCNC(CC)Cc1ccc(CC)s1. The van der Waals surface area contributed by atoms with Crippen molar-refractivity contribution in [2.45, 2.75) is 52.5 Å². The zero-order valence-corrected chi connectivity index (χ0v) is 11.0. The molecule has 0 saturated heterocycles. The molecule has 0 fully saturated rings.